The minimum atomic E-state index is -5.02. The predicted molar refractivity (Wildman–Crippen MR) is 164 cm³/mol. The second-order valence-electron chi connectivity index (χ2n) is 9.16. The number of aromatic carboxylic acids is 1. The van der Waals surface area contributed by atoms with Crippen LogP contribution in [0.5, 0.6) is 0 Å². The number of aromatic amines is 1. The molecule has 1 aliphatic heterocycles. The van der Waals surface area contributed by atoms with Crippen molar-refractivity contribution in [3.63, 3.8) is 0 Å². The van der Waals surface area contributed by atoms with Crippen molar-refractivity contribution in [3.05, 3.63) is 81.8 Å². The van der Waals surface area contributed by atoms with Crippen molar-refractivity contribution in [2.24, 2.45) is 5.10 Å². The number of hydrazone groups is 1. The van der Waals surface area contributed by atoms with E-state index >= 15 is 0 Å². The number of benzene rings is 2. The van der Waals surface area contributed by atoms with Crippen molar-refractivity contribution in [3.8, 4) is 5.69 Å². The summed E-state index contributed by atoms with van der Waals surface area (Å²) in [6, 6.07) is 5.76. The third kappa shape index (κ3) is 8.35. The lowest BCUT2D eigenvalue weighted by Gasteiger charge is -2.15. The van der Waals surface area contributed by atoms with Crippen LogP contribution in [0.2, 0.25) is 0 Å². The number of carbonyl (C=O) groups is 3. The molecule has 0 atom stereocenters. The topological polar surface area (TPSA) is 331 Å². The van der Waals surface area contributed by atoms with Gasteiger partial charge in [0.25, 0.3) is 31.7 Å². The maximum absolute atomic E-state index is 13.3. The molecule has 0 radical (unpaired) electrons. The maximum Gasteiger partial charge on any atom is 0.357 e. The van der Waals surface area contributed by atoms with Crippen LogP contribution >= 0.6 is 24.1 Å². The summed E-state index contributed by atoms with van der Waals surface area (Å²) in [5, 5.41) is 49.3. The van der Waals surface area contributed by atoms with Gasteiger partial charge in [0, 0.05) is 9.79 Å². The van der Waals surface area contributed by atoms with E-state index in [0.717, 1.165) is 54.6 Å². The van der Waals surface area contributed by atoms with E-state index in [1.807, 2.05) is 0 Å². The summed E-state index contributed by atoms with van der Waals surface area (Å²) in [6.45, 7) is 0. The van der Waals surface area contributed by atoms with Gasteiger partial charge in [-0.1, -0.05) is 22.2 Å². The van der Waals surface area contributed by atoms with E-state index in [4.69, 9.17) is 10.5 Å². The molecule has 0 aliphatic carbocycles. The first-order chi connectivity index (χ1) is 23.5. The van der Waals surface area contributed by atoms with E-state index in [-0.39, 0.29) is 9.79 Å². The molecule has 1 aromatic heterocycles. The fraction of sp³-hybridized carbons (Fsp3) is 0.0417. The minimum absolute atomic E-state index is 0.00765. The summed E-state index contributed by atoms with van der Waals surface area (Å²) in [5.41, 5.74) is -5.04. The molecule has 0 saturated carbocycles. The average Bonchev–Trinajstić information content (AvgIpc) is 3.55. The molecule has 2 heterocycles. The number of anilines is 1. The Hall–Kier alpha value is -4.71. The molecule has 22 nitrogen and oxygen atoms in total. The van der Waals surface area contributed by atoms with Gasteiger partial charge in [-0.2, -0.15) is 26.9 Å². The van der Waals surface area contributed by atoms with Gasteiger partial charge >= 0.3 is 11.9 Å². The number of H-pyrrole nitrogens is 1. The Labute approximate surface area is 286 Å². The van der Waals surface area contributed by atoms with E-state index in [0.29, 0.717) is 33.8 Å². The van der Waals surface area contributed by atoms with Crippen LogP contribution in [0.25, 0.3) is 5.69 Å². The first-order valence-electron chi connectivity index (χ1n) is 12.6. The van der Waals surface area contributed by atoms with Gasteiger partial charge in [-0.15, -0.1) is 8.67 Å². The lowest BCUT2D eigenvalue weighted by atomic mass is 10.1. The zero-order valence-corrected chi connectivity index (χ0v) is 27.2. The Morgan fingerprint density at radius 3 is 1.90 bits per heavy atom. The Morgan fingerprint density at radius 1 is 0.860 bits per heavy atom. The molecular formula is C24H18N4O18S4. The molecule has 26 heteroatoms. The first kappa shape index (κ1) is 38.1. The number of carboxylic acid groups (broad SMARTS) is 2. The van der Waals surface area contributed by atoms with Crippen LogP contribution in [0, 0.1) is 0 Å². The van der Waals surface area contributed by atoms with E-state index < -0.39 is 93.8 Å². The van der Waals surface area contributed by atoms with Crippen molar-refractivity contribution in [2.75, 3.05) is 5.01 Å². The zero-order chi connectivity index (χ0) is 37.0. The Kier molecular flexibility index (Phi) is 11.8. The lowest BCUT2D eigenvalue weighted by Crippen LogP contribution is -2.24. The van der Waals surface area contributed by atoms with Crippen molar-refractivity contribution >= 4 is 73.6 Å². The molecule has 0 unspecified atom stereocenters. The fourth-order valence-electron chi connectivity index (χ4n) is 4.23. The molecule has 4 rings (SSSR count). The second-order valence-corrected chi connectivity index (χ2v) is 13.5. The van der Waals surface area contributed by atoms with Gasteiger partial charge in [-0.3, -0.25) is 23.8 Å². The van der Waals surface area contributed by atoms with Crippen molar-refractivity contribution < 1.29 is 79.8 Å². The van der Waals surface area contributed by atoms with Gasteiger partial charge in [0.1, 0.15) is 15.5 Å². The van der Waals surface area contributed by atoms with Gasteiger partial charge < -0.3 is 10.2 Å². The molecule has 266 valence electrons. The fourth-order valence-corrected chi connectivity index (χ4v) is 6.32. The summed E-state index contributed by atoms with van der Waals surface area (Å²) >= 11 is 0.685. The maximum atomic E-state index is 13.3. The minimum Gasteiger partial charge on any atom is -0.477 e. The average molecular weight is 779 g/mol. The van der Waals surface area contributed by atoms with Gasteiger partial charge in [0.05, 0.1) is 46.6 Å². The molecule has 7 N–H and O–H groups in total. The van der Waals surface area contributed by atoms with Crippen LogP contribution in [-0.4, -0.2) is 80.0 Å². The van der Waals surface area contributed by atoms with Crippen molar-refractivity contribution in [1.29, 1.82) is 0 Å². The van der Waals surface area contributed by atoms with E-state index in [1.54, 1.807) is 0 Å². The first-order valence-corrected chi connectivity index (χ1v) is 17.0. The summed E-state index contributed by atoms with van der Waals surface area (Å²) in [4.78, 5) is 48.8. The summed E-state index contributed by atoms with van der Waals surface area (Å²) in [7, 11) is -10.0. The highest BCUT2D eigenvalue weighted by atomic mass is 32.2. The smallest absolute Gasteiger partial charge is 0.357 e. The number of hydrogen-bond acceptors (Lipinski definition) is 17. The molecule has 0 saturated heterocycles. The Balaban J connectivity index is 1.72. The number of carboxylic acids is 2. The molecule has 1 amide bonds. The third-order valence-electron chi connectivity index (χ3n) is 6.21. The standard InChI is InChI=1S/C24H18N4O18S4/c29-21-13(19(23(31)32)25-27(21)15-9-11(47-45-43-35)5-7-17(15)49(37,38)39)3-1-2-4-14-20(24(33)34)26-28(22(14)30)16-10-12(48-46-44-36)6-8-18(16)50(40,41)42/h1-3,5-10,26,35-36H,4H2,(H,31,32)(H,33,34)(H,37,38,39)(H,40,41,42). The highest BCUT2D eigenvalue weighted by molar-refractivity contribution is 7.94. The number of nitrogens with zero attached hydrogens (tertiary/aromatic N) is 3. The normalized spacial score (nSPS) is 14.6. The number of carbonyl (C=O) groups excluding carboxylic acids is 1. The summed E-state index contributed by atoms with van der Waals surface area (Å²) < 4.78 is 76.4. The zero-order valence-electron chi connectivity index (χ0n) is 24.0. The van der Waals surface area contributed by atoms with Gasteiger partial charge in [0.2, 0.25) is 0 Å². The van der Waals surface area contributed by atoms with Crippen molar-refractivity contribution in [1.82, 2.24) is 9.78 Å². The van der Waals surface area contributed by atoms with Crippen LogP contribution in [0.4, 0.5) is 5.69 Å². The van der Waals surface area contributed by atoms with Crippen LogP contribution in [-0.2, 0) is 55.0 Å². The Morgan fingerprint density at radius 2 is 1.40 bits per heavy atom. The summed E-state index contributed by atoms with van der Waals surface area (Å²) in [5.74, 6) is -4.63. The molecule has 0 fully saturated rings. The molecule has 0 bridgehead atoms. The van der Waals surface area contributed by atoms with Crippen LogP contribution in [0.3, 0.4) is 0 Å². The molecule has 3 aromatic rings. The van der Waals surface area contributed by atoms with Crippen LogP contribution in [0.15, 0.2) is 89.7 Å². The third-order valence-corrected chi connectivity index (χ3v) is 9.16. The highest BCUT2D eigenvalue weighted by Gasteiger charge is 2.37. The SMILES string of the molecule is O=C(O)C1=NN(c2cc(SOOO)ccc2S(=O)(=O)O)C(=O)C1=CC=CCc1c(C(=O)O)[nH]n(-c2cc(SOOO)ccc2S(=O)(=O)O)c1=O. The largest absolute Gasteiger partial charge is 0.477 e. The molecular weight excluding hydrogens is 761 g/mol. The molecule has 1 aliphatic rings. The number of rotatable bonds is 15. The number of aliphatic carboxylic acids is 1. The van der Waals surface area contributed by atoms with Gasteiger partial charge in [-0.05, 0) is 48.9 Å². The van der Waals surface area contributed by atoms with E-state index in [1.165, 1.54) is 0 Å². The number of allylic oxidation sites excluding steroid dienone is 3. The number of amides is 1. The monoisotopic (exact) mass is 778 g/mol. The van der Waals surface area contributed by atoms with Crippen LogP contribution < -0.4 is 10.6 Å². The molecule has 2 aromatic carbocycles. The quantitative estimate of drug-likeness (QED) is 0.0379. The predicted octanol–water partition coefficient (Wildman–Crippen LogP) is 1.73. The number of nitrogens with one attached hydrogen (secondary N) is 1. The molecule has 50 heavy (non-hydrogen) atoms. The highest BCUT2D eigenvalue weighted by Crippen LogP contribution is 2.34. The second kappa shape index (κ2) is 15.5. The number of hydrogen-bond donors (Lipinski definition) is 7. The van der Waals surface area contributed by atoms with Gasteiger partial charge in [0.15, 0.2) is 5.71 Å². The van der Waals surface area contributed by atoms with E-state index in [2.05, 4.69) is 28.9 Å². The lowest BCUT2D eigenvalue weighted by molar-refractivity contribution is -0.432. The summed E-state index contributed by atoms with van der Waals surface area (Å²) in [6.07, 6.45) is 2.52. The Bertz CT molecular complexity index is 2240. The van der Waals surface area contributed by atoms with Gasteiger partial charge in [-0.25, -0.2) is 24.8 Å². The number of aromatic nitrogens is 2. The van der Waals surface area contributed by atoms with Crippen molar-refractivity contribution in [2.45, 2.75) is 26.0 Å². The van der Waals surface area contributed by atoms with Crippen LogP contribution in [0.1, 0.15) is 16.1 Å². The molecule has 0 spiro atoms. The van der Waals surface area contributed by atoms with E-state index in [9.17, 15) is 55.3 Å².